The first-order valence-electron chi connectivity index (χ1n) is 10.0. The van der Waals surface area contributed by atoms with Gasteiger partial charge in [-0.1, -0.05) is 35.9 Å². The second-order valence-corrected chi connectivity index (χ2v) is 7.57. The van der Waals surface area contributed by atoms with E-state index in [0.29, 0.717) is 11.3 Å². The molecule has 0 aliphatic rings. The van der Waals surface area contributed by atoms with Crippen molar-refractivity contribution in [1.29, 1.82) is 0 Å². The summed E-state index contributed by atoms with van der Waals surface area (Å²) in [5.74, 6) is 0.210. The predicted octanol–water partition coefficient (Wildman–Crippen LogP) is 2.44. The first kappa shape index (κ1) is 20.7. The lowest BCUT2D eigenvalue weighted by Gasteiger charge is -2.11. The Morgan fingerprint density at radius 2 is 1.81 bits per heavy atom. The van der Waals surface area contributed by atoms with Gasteiger partial charge in [0.05, 0.1) is 0 Å². The summed E-state index contributed by atoms with van der Waals surface area (Å²) >= 11 is 0. The van der Waals surface area contributed by atoms with E-state index in [4.69, 9.17) is 0 Å². The van der Waals surface area contributed by atoms with Crippen LogP contribution in [0.4, 0.5) is 4.39 Å². The molecule has 8 heteroatoms. The number of halogens is 1. The maximum Gasteiger partial charge on any atom is 0.332 e. The third-order valence-electron chi connectivity index (χ3n) is 5.30. The molecule has 1 N–H and O–H groups in total. The van der Waals surface area contributed by atoms with Gasteiger partial charge in [-0.3, -0.25) is 13.9 Å². The molecule has 0 aliphatic heterocycles. The van der Waals surface area contributed by atoms with Gasteiger partial charge in [0.25, 0.3) is 5.56 Å². The minimum atomic E-state index is -0.479. The van der Waals surface area contributed by atoms with Gasteiger partial charge < -0.3 is 9.67 Å². The molecule has 0 bridgehead atoms. The Hall–Kier alpha value is -3.52. The van der Waals surface area contributed by atoms with Crippen LogP contribution in [-0.4, -0.2) is 30.4 Å². The summed E-state index contributed by atoms with van der Waals surface area (Å²) in [6, 6.07) is 13.8. The normalized spacial score (nSPS) is 11.4. The molecule has 0 saturated carbocycles. The number of rotatable bonds is 6. The fourth-order valence-corrected chi connectivity index (χ4v) is 3.73. The molecular weight excluding hydrogens is 399 g/mol. The molecule has 2 heterocycles. The van der Waals surface area contributed by atoms with Gasteiger partial charge in [0.15, 0.2) is 11.2 Å². The summed E-state index contributed by atoms with van der Waals surface area (Å²) in [7, 11) is 1.58. The zero-order valence-electron chi connectivity index (χ0n) is 17.4. The largest absolute Gasteiger partial charge is 0.396 e. The molecule has 0 fully saturated rings. The van der Waals surface area contributed by atoms with Crippen LogP contribution in [0, 0.1) is 12.7 Å². The molecule has 0 unspecified atom stereocenters. The Labute approximate surface area is 177 Å². The number of aliphatic hydroxyl groups is 1. The van der Waals surface area contributed by atoms with Gasteiger partial charge in [0.1, 0.15) is 11.6 Å². The second kappa shape index (κ2) is 8.31. The Bertz CT molecular complexity index is 1370. The lowest BCUT2D eigenvalue weighted by molar-refractivity contribution is 0.277. The van der Waals surface area contributed by atoms with Crippen LogP contribution in [0.2, 0.25) is 0 Å². The van der Waals surface area contributed by atoms with Crippen molar-refractivity contribution in [2.75, 3.05) is 6.61 Å². The number of aliphatic hydroxyl groups excluding tert-OH is 1. The van der Waals surface area contributed by atoms with Crippen molar-refractivity contribution in [3.8, 4) is 11.4 Å². The molecule has 0 saturated heterocycles. The highest BCUT2D eigenvalue weighted by atomic mass is 19.1. The Balaban J connectivity index is 2.03. The highest BCUT2D eigenvalue weighted by Gasteiger charge is 2.21. The smallest absolute Gasteiger partial charge is 0.332 e. The van der Waals surface area contributed by atoms with E-state index in [0.717, 1.165) is 21.3 Å². The maximum atomic E-state index is 13.4. The van der Waals surface area contributed by atoms with Crippen molar-refractivity contribution in [3.05, 3.63) is 86.3 Å². The summed E-state index contributed by atoms with van der Waals surface area (Å²) in [6.07, 6.45) is 0.289. The van der Waals surface area contributed by atoms with Crippen LogP contribution in [0.1, 0.15) is 17.5 Å². The molecular formula is C23H23FN4O3. The fraction of sp³-hybridized carbons (Fsp3) is 0.261. The molecule has 0 amide bonds. The predicted molar refractivity (Wildman–Crippen MR) is 117 cm³/mol. The lowest BCUT2D eigenvalue weighted by atomic mass is 10.1. The number of imidazole rings is 1. The lowest BCUT2D eigenvalue weighted by Crippen LogP contribution is -2.39. The molecule has 0 atom stereocenters. The third kappa shape index (κ3) is 3.82. The second-order valence-electron chi connectivity index (χ2n) is 7.57. The number of hydrogen-bond acceptors (Lipinski definition) is 4. The number of aromatic nitrogens is 4. The van der Waals surface area contributed by atoms with Crippen LogP contribution >= 0.6 is 0 Å². The van der Waals surface area contributed by atoms with Gasteiger partial charge in [-0.2, -0.15) is 0 Å². The number of hydrogen-bond donors (Lipinski definition) is 1. The Morgan fingerprint density at radius 1 is 1.06 bits per heavy atom. The molecule has 4 aromatic rings. The van der Waals surface area contributed by atoms with E-state index in [1.807, 2.05) is 31.2 Å². The zero-order valence-corrected chi connectivity index (χ0v) is 17.4. The molecule has 7 nitrogen and oxygen atoms in total. The van der Waals surface area contributed by atoms with Gasteiger partial charge in [-0.15, -0.1) is 0 Å². The van der Waals surface area contributed by atoms with E-state index >= 15 is 0 Å². The average Bonchev–Trinajstić information content (AvgIpc) is 3.13. The first-order chi connectivity index (χ1) is 14.9. The minimum absolute atomic E-state index is 0.111. The van der Waals surface area contributed by atoms with Gasteiger partial charge in [0, 0.05) is 32.3 Å². The van der Waals surface area contributed by atoms with Crippen LogP contribution in [-0.2, 0) is 20.1 Å². The monoisotopic (exact) mass is 422 g/mol. The maximum absolute atomic E-state index is 13.4. The van der Waals surface area contributed by atoms with E-state index in [1.54, 1.807) is 23.7 Å². The highest BCUT2D eigenvalue weighted by molar-refractivity contribution is 5.77. The van der Waals surface area contributed by atoms with E-state index in [1.165, 1.54) is 16.7 Å². The Kier molecular flexibility index (Phi) is 5.56. The molecule has 0 radical (unpaired) electrons. The van der Waals surface area contributed by atoms with Crippen molar-refractivity contribution >= 4 is 11.2 Å². The summed E-state index contributed by atoms with van der Waals surface area (Å²) in [5, 5.41) is 9.17. The summed E-state index contributed by atoms with van der Waals surface area (Å²) in [4.78, 5) is 30.8. The molecule has 4 rings (SSSR count). The van der Waals surface area contributed by atoms with Gasteiger partial charge >= 0.3 is 5.69 Å². The molecule has 160 valence electrons. The molecule has 0 spiro atoms. The standard InChI is InChI=1S/C23H23FN4O3/c1-15-5-3-6-17(13-15)20-25-21-19(28(20)14-16-7-9-18(24)10-8-16)22(30)27(11-4-12-29)23(31)26(21)2/h3,5-10,13,29H,4,11-12,14H2,1-2H3. The van der Waals surface area contributed by atoms with Gasteiger partial charge in [0.2, 0.25) is 0 Å². The number of nitrogens with zero attached hydrogens (tertiary/aromatic N) is 4. The first-order valence-corrected chi connectivity index (χ1v) is 10.0. The van der Waals surface area contributed by atoms with E-state index in [-0.39, 0.29) is 37.6 Å². The zero-order chi connectivity index (χ0) is 22.1. The SMILES string of the molecule is Cc1cccc(-c2nc3c(c(=O)n(CCCO)c(=O)n3C)n2Cc2ccc(F)cc2)c1. The average molecular weight is 422 g/mol. The van der Waals surface area contributed by atoms with Crippen LogP contribution < -0.4 is 11.2 Å². The third-order valence-corrected chi connectivity index (χ3v) is 5.30. The van der Waals surface area contributed by atoms with E-state index in [9.17, 15) is 19.1 Å². The summed E-state index contributed by atoms with van der Waals surface area (Å²) in [5.41, 5.74) is 2.28. The Morgan fingerprint density at radius 3 is 2.48 bits per heavy atom. The van der Waals surface area contributed by atoms with Crippen LogP contribution in [0.3, 0.4) is 0 Å². The number of benzene rings is 2. The number of aryl methyl sites for hydroxylation is 2. The highest BCUT2D eigenvalue weighted by Crippen LogP contribution is 2.24. The van der Waals surface area contributed by atoms with Crippen LogP contribution in [0.25, 0.3) is 22.6 Å². The van der Waals surface area contributed by atoms with Crippen molar-refractivity contribution in [1.82, 2.24) is 18.7 Å². The van der Waals surface area contributed by atoms with E-state index < -0.39 is 11.2 Å². The quantitative estimate of drug-likeness (QED) is 0.518. The molecule has 2 aromatic carbocycles. The van der Waals surface area contributed by atoms with Crippen molar-refractivity contribution in [2.45, 2.75) is 26.4 Å². The van der Waals surface area contributed by atoms with Crippen LogP contribution in [0.15, 0.2) is 58.1 Å². The summed E-state index contributed by atoms with van der Waals surface area (Å²) in [6.45, 7) is 2.23. The topological polar surface area (TPSA) is 82.1 Å². The molecule has 0 aliphatic carbocycles. The van der Waals surface area contributed by atoms with Crippen molar-refractivity contribution < 1.29 is 9.50 Å². The minimum Gasteiger partial charge on any atom is -0.396 e. The van der Waals surface area contributed by atoms with Gasteiger partial charge in [-0.25, -0.2) is 14.2 Å². The number of fused-ring (bicyclic) bond motifs is 1. The molecule has 2 aromatic heterocycles. The van der Waals surface area contributed by atoms with Crippen molar-refractivity contribution in [3.63, 3.8) is 0 Å². The van der Waals surface area contributed by atoms with Crippen molar-refractivity contribution in [2.24, 2.45) is 7.05 Å². The van der Waals surface area contributed by atoms with E-state index in [2.05, 4.69) is 4.98 Å². The van der Waals surface area contributed by atoms with Gasteiger partial charge in [-0.05, 0) is 37.1 Å². The van der Waals surface area contributed by atoms with Crippen LogP contribution in [0.5, 0.6) is 0 Å². The summed E-state index contributed by atoms with van der Waals surface area (Å²) < 4.78 is 17.7. The molecule has 31 heavy (non-hydrogen) atoms. The fourth-order valence-electron chi connectivity index (χ4n) is 3.73.